The van der Waals surface area contributed by atoms with Crippen LogP contribution in [0.5, 0.6) is 11.5 Å². The van der Waals surface area contributed by atoms with Crippen molar-refractivity contribution in [2.24, 2.45) is 0 Å². The average Bonchev–Trinajstić information content (AvgIpc) is 3.38. The number of amidine groups is 1. The maximum Gasteiger partial charge on any atom is 0.255 e. The molecule has 2 heterocycles. The summed E-state index contributed by atoms with van der Waals surface area (Å²) >= 11 is 0. The molecule has 5 rings (SSSR count). The molecule has 0 atom stereocenters. The smallest absolute Gasteiger partial charge is 0.255 e. The number of likely N-dealkylation sites (tertiary alicyclic amines) is 1. The molecule has 6 nitrogen and oxygen atoms in total. The number of rotatable bonds is 5. The molecular weight excluding hydrogens is 424 g/mol. The van der Waals surface area contributed by atoms with Crippen LogP contribution in [0.15, 0.2) is 79.0 Å². The number of nitrogens with one attached hydrogen (secondary N) is 2. The van der Waals surface area contributed by atoms with Crippen molar-refractivity contribution in [3.63, 3.8) is 0 Å². The van der Waals surface area contributed by atoms with Crippen molar-refractivity contribution in [1.29, 1.82) is 5.41 Å². The van der Waals surface area contributed by atoms with E-state index in [-0.39, 0.29) is 5.91 Å². The molecule has 0 unspecified atom stereocenters. The van der Waals surface area contributed by atoms with Gasteiger partial charge in [-0.3, -0.25) is 15.2 Å². The molecule has 1 aliphatic heterocycles. The summed E-state index contributed by atoms with van der Waals surface area (Å²) in [7, 11) is 0. The molecular formula is C28H26N4O2. The summed E-state index contributed by atoms with van der Waals surface area (Å²) in [5.74, 6) is 1.57. The van der Waals surface area contributed by atoms with Crippen LogP contribution >= 0.6 is 0 Å². The van der Waals surface area contributed by atoms with Gasteiger partial charge in [0.25, 0.3) is 5.91 Å². The van der Waals surface area contributed by atoms with Crippen LogP contribution in [0.2, 0.25) is 0 Å². The summed E-state index contributed by atoms with van der Waals surface area (Å²) in [6.07, 6.45) is 3.89. The van der Waals surface area contributed by atoms with Crippen LogP contribution in [0.3, 0.4) is 0 Å². The zero-order valence-electron chi connectivity index (χ0n) is 19.0. The Labute approximate surface area is 198 Å². The van der Waals surface area contributed by atoms with E-state index in [1.807, 2.05) is 72.5 Å². The number of hydrogen-bond acceptors (Lipinski definition) is 4. The van der Waals surface area contributed by atoms with Gasteiger partial charge in [-0.1, -0.05) is 24.3 Å². The third kappa shape index (κ3) is 4.76. The standard InChI is InChI=1S/C28H26N4O2/c1-19-5-4-6-23(15-19)31-28(33)21-8-7-20-9-10-24(17-22(20)16-21)34-25-11-12-30-26(18-25)27(29)32-13-2-3-14-32/h4-12,15-18,29H,2-3,13-14H2,1H3,(H,31,33). The van der Waals surface area contributed by atoms with Gasteiger partial charge in [0, 0.05) is 36.6 Å². The maximum atomic E-state index is 12.8. The first-order valence-electron chi connectivity index (χ1n) is 11.4. The van der Waals surface area contributed by atoms with Gasteiger partial charge in [-0.25, -0.2) is 0 Å². The van der Waals surface area contributed by atoms with E-state index in [4.69, 9.17) is 10.1 Å². The Bertz CT molecular complexity index is 1380. The van der Waals surface area contributed by atoms with Crippen LogP contribution in [-0.4, -0.2) is 34.7 Å². The molecule has 0 saturated carbocycles. The van der Waals surface area contributed by atoms with Crippen molar-refractivity contribution in [1.82, 2.24) is 9.88 Å². The van der Waals surface area contributed by atoms with Crippen molar-refractivity contribution in [2.45, 2.75) is 19.8 Å². The second-order valence-electron chi connectivity index (χ2n) is 8.57. The summed E-state index contributed by atoms with van der Waals surface area (Å²) in [6.45, 7) is 3.79. The monoisotopic (exact) mass is 450 g/mol. The lowest BCUT2D eigenvalue weighted by molar-refractivity contribution is 0.102. The molecule has 1 saturated heterocycles. The van der Waals surface area contributed by atoms with Crippen molar-refractivity contribution < 1.29 is 9.53 Å². The highest BCUT2D eigenvalue weighted by Crippen LogP contribution is 2.27. The number of aryl methyl sites for hydroxylation is 1. The molecule has 34 heavy (non-hydrogen) atoms. The Morgan fingerprint density at radius 1 is 0.941 bits per heavy atom. The van der Waals surface area contributed by atoms with Crippen LogP contribution in [0.25, 0.3) is 10.8 Å². The molecule has 0 aliphatic carbocycles. The Morgan fingerprint density at radius 2 is 1.74 bits per heavy atom. The van der Waals surface area contributed by atoms with Crippen molar-refractivity contribution in [2.75, 3.05) is 18.4 Å². The molecule has 0 radical (unpaired) electrons. The highest BCUT2D eigenvalue weighted by atomic mass is 16.5. The number of aromatic nitrogens is 1. The summed E-state index contributed by atoms with van der Waals surface area (Å²) in [5, 5.41) is 13.3. The zero-order valence-corrected chi connectivity index (χ0v) is 19.0. The molecule has 1 fully saturated rings. The average molecular weight is 451 g/mol. The topological polar surface area (TPSA) is 78.3 Å². The lowest BCUT2D eigenvalue weighted by Gasteiger charge is -2.18. The fourth-order valence-corrected chi connectivity index (χ4v) is 4.20. The molecule has 170 valence electrons. The van der Waals surface area contributed by atoms with Gasteiger partial charge in [-0.15, -0.1) is 0 Å². The molecule has 4 aromatic rings. The number of carbonyl (C=O) groups excluding carboxylic acids is 1. The molecule has 2 N–H and O–H groups in total. The van der Waals surface area contributed by atoms with Gasteiger partial charge >= 0.3 is 0 Å². The number of ether oxygens (including phenoxy) is 1. The van der Waals surface area contributed by atoms with Crippen molar-refractivity contribution >= 4 is 28.2 Å². The number of benzene rings is 3. The van der Waals surface area contributed by atoms with Gasteiger partial charge in [0.1, 0.15) is 23.0 Å². The fraction of sp³-hybridized carbons (Fsp3) is 0.179. The Balaban J connectivity index is 1.35. The van der Waals surface area contributed by atoms with Gasteiger partial charge in [0.15, 0.2) is 0 Å². The number of pyridine rings is 1. The third-order valence-corrected chi connectivity index (χ3v) is 5.98. The van der Waals surface area contributed by atoms with E-state index in [0.717, 1.165) is 48.0 Å². The van der Waals surface area contributed by atoms with Gasteiger partial charge in [-0.05, 0) is 78.6 Å². The van der Waals surface area contributed by atoms with Crippen LogP contribution in [-0.2, 0) is 0 Å². The van der Waals surface area contributed by atoms with Gasteiger partial charge < -0.3 is 15.0 Å². The lowest BCUT2D eigenvalue weighted by Crippen LogP contribution is -2.28. The van der Waals surface area contributed by atoms with Gasteiger partial charge in [0.05, 0.1) is 0 Å². The van der Waals surface area contributed by atoms with E-state index in [2.05, 4.69) is 10.3 Å². The van der Waals surface area contributed by atoms with E-state index in [0.29, 0.717) is 28.6 Å². The number of fused-ring (bicyclic) bond motifs is 1. The Morgan fingerprint density at radius 3 is 2.56 bits per heavy atom. The predicted molar refractivity (Wildman–Crippen MR) is 135 cm³/mol. The highest BCUT2D eigenvalue weighted by Gasteiger charge is 2.17. The summed E-state index contributed by atoms with van der Waals surface area (Å²) in [4.78, 5) is 19.2. The second kappa shape index (κ2) is 9.35. The SMILES string of the molecule is Cc1cccc(NC(=O)c2ccc3ccc(Oc4ccnc(C(=N)N5CCCC5)c4)cc3c2)c1. The molecule has 1 amide bonds. The fourth-order valence-electron chi connectivity index (χ4n) is 4.20. The quantitative estimate of drug-likeness (QED) is 0.288. The first-order valence-corrected chi connectivity index (χ1v) is 11.4. The van der Waals surface area contributed by atoms with Crippen LogP contribution in [0.1, 0.15) is 34.5 Å². The van der Waals surface area contributed by atoms with E-state index in [1.54, 1.807) is 18.3 Å². The van der Waals surface area contributed by atoms with Crippen LogP contribution in [0.4, 0.5) is 5.69 Å². The summed E-state index contributed by atoms with van der Waals surface area (Å²) in [6, 6.07) is 22.8. The minimum Gasteiger partial charge on any atom is -0.457 e. The normalized spacial score (nSPS) is 13.1. The third-order valence-electron chi connectivity index (χ3n) is 5.98. The molecule has 0 bridgehead atoms. The van der Waals surface area contributed by atoms with Gasteiger partial charge in [0.2, 0.25) is 0 Å². The largest absolute Gasteiger partial charge is 0.457 e. The van der Waals surface area contributed by atoms with Crippen molar-refractivity contribution in [3.8, 4) is 11.5 Å². The minimum atomic E-state index is -0.155. The first-order chi connectivity index (χ1) is 16.5. The number of carbonyl (C=O) groups is 1. The molecule has 1 aliphatic rings. The van der Waals surface area contributed by atoms with Crippen LogP contribution in [0, 0.1) is 12.3 Å². The minimum absolute atomic E-state index is 0.155. The highest BCUT2D eigenvalue weighted by molar-refractivity contribution is 6.06. The predicted octanol–water partition coefficient (Wildman–Crippen LogP) is 6.01. The van der Waals surface area contributed by atoms with Gasteiger partial charge in [-0.2, -0.15) is 0 Å². The van der Waals surface area contributed by atoms with Crippen LogP contribution < -0.4 is 10.1 Å². The number of anilines is 1. The molecule has 6 heteroatoms. The summed E-state index contributed by atoms with van der Waals surface area (Å²) in [5.41, 5.74) is 3.05. The van der Waals surface area contributed by atoms with E-state index >= 15 is 0 Å². The Hall–Kier alpha value is -4.19. The second-order valence-corrected chi connectivity index (χ2v) is 8.57. The Kier molecular flexibility index (Phi) is 5.95. The lowest BCUT2D eigenvalue weighted by atomic mass is 10.1. The van der Waals surface area contributed by atoms with E-state index < -0.39 is 0 Å². The van der Waals surface area contributed by atoms with Crippen molar-refractivity contribution in [3.05, 3.63) is 95.8 Å². The molecule has 0 spiro atoms. The molecule has 1 aromatic heterocycles. The van der Waals surface area contributed by atoms with E-state index in [1.165, 1.54) is 0 Å². The number of amides is 1. The zero-order chi connectivity index (χ0) is 23.5. The summed E-state index contributed by atoms with van der Waals surface area (Å²) < 4.78 is 6.09. The van der Waals surface area contributed by atoms with E-state index in [9.17, 15) is 4.79 Å². The maximum absolute atomic E-state index is 12.8. The number of hydrogen-bond donors (Lipinski definition) is 2. The molecule has 3 aromatic carbocycles. The number of nitrogens with zero attached hydrogens (tertiary/aromatic N) is 2. The first kappa shape index (κ1) is 21.6.